The molecule has 12 atom stereocenters. The number of likely N-dealkylation sites (N-methyl/N-ethyl adjacent to an activating group) is 4. The number of amides is 10. The Labute approximate surface area is 526 Å². The van der Waals surface area contributed by atoms with E-state index in [0.717, 1.165) is 19.6 Å². The molecule has 10 amide bonds. The predicted octanol–water partition coefficient (Wildman–Crippen LogP) is 0.0455. The number of Topliss-reactive ketones (excluding diaryl/α,β-unsaturated/α-hetero) is 1. The molecule has 0 radical (unpaired) electrons. The van der Waals surface area contributed by atoms with Crippen molar-refractivity contribution in [1.29, 1.82) is 0 Å². The van der Waals surface area contributed by atoms with Crippen LogP contribution in [-0.2, 0) is 62.2 Å². The number of nitrogens with zero attached hydrogens (tertiary/aromatic N) is 7. The van der Waals surface area contributed by atoms with Gasteiger partial charge in [0.1, 0.15) is 71.8 Å². The number of carbonyl (C=O) groups excluding carboxylic acids is 13. The summed E-state index contributed by atoms with van der Waals surface area (Å²) in [4.78, 5) is 212. The summed E-state index contributed by atoms with van der Waals surface area (Å²) in [5.41, 5.74) is 3.27. The Morgan fingerprint density at radius 1 is 0.626 bits per heavy atom. The molecule has 1 aromatic carbocycles. The number of cyclic esters (lactones) is 2. The van der Waals surface area contributed by atoms with Gasteiger partial charge < -0.3 is 70.3 Å². The fraction of sp³-hybridized carbons (Fsp3) is 0.597. The lowest BCUT2D eigenvalue weighted by atomic mass is 9.98. The molecule has 2 unspecified atom stereocenters. The van der Waals surface area contributed by atoms with Crippen molar-refractivity contribution in [2.45, 2.75) is 182 Å². The molecule has 1 aliphatic carbocycles. The Hall–Kier alpha value is -9.05. The van der Waals surface area contributed by atoms with Gasteiger partial charge in [0, 0.05) is 46.2 Å². The van der Waals surface area contributed by atoms with Gasteiger partial charge in [0.05, 0.1) is 35.9 Å². The van der Waals surface area contributed by atoms with E-state index in [9.17, 15) is 57.5 Å². The Morgan fingerprint density at radius 3 is 1.67 bits per heavy atom. The number of aromatic nitrogens is 1. The summed E-state index contributed by atoms with van der Waals surface area (Å²) in [5, 5.41) is 10.5. The topological polar surface area (TPSA) is 377 Å². The minimum absolute atomic E-state index is 0.0999. The monoisotopic (exact) mass is 1270 g/mol. The molecule has 29 nitrogen and oxygen atoms in total. The highest BCUT2D eigenvalue weighted by Gasteiger charge is 2.50. The molecule has 4 fully saturated rings. The molecule has 4 saturated heterocycles. The molecule has 5 heterocycles. The lowest BCUT2D eigenvalue weighted by Crippen LogP contribution is -2.62. The summed E-state index contributed by atoms with van der Waals surface area (Å²) in [6.07, 6.45) is -2.87. The van der Waals surface area contributed by atoms with Crippen LogP contribution in [0.2, 0.25) is 0 Å². The highest BCUT2D eigenvalue weighted by Crippen LogP contribution is 2.36. The summed E-state index contributed by atoms with van der Waals surface area (Å²) >= 11 is 0. The number of hydrogen-bond acceptors (Lipinski definition) is 19. The molecule has 6 N–H and O–H groups in total. The van der Waals surface area contributed by atoms with Crippen molar-refractivity contribution >= 4 is 93.6 Å². The van der Waals surface area contributed by atoms with Crippen LogP contribution in [0.3, 0.4) is 0 Å². The third kappa shape index (κ3) is 13.6. The first-order valence-electron chi connectivity index (χ1n) is 30.4. The molecule has 0 spiro atoms. The normalized spacial score (nSPS) is 27.7. The van der Waals surface area contributed by atoms with E-state index in [2.05, 4.69) is 21.3 Å². The number of ketones is 1. The predicted molar refractivity (Wildman–Crippen MR) is 326 cm³/mol. The highest BCUT2D eigenvalue weighted by molar-refractivity contribution is 6.11. The molecular weight excluding hydrogens is 1180 g/mol. The zero-order chi connectivity index (χ0) is 68.0. The highest BCUT2D eigenvalue weighted by atomic mass is 16.6. The number of carbonyl (C=O) groups is 13. The number of hydrogen-bond donors (Lipinski definition) is 5. The van der Waals surface area contributed by atoms with Gasteiger partial charge in [0.15, 0.2) is 17.1 Å². The lowest BCUT2D eigenvalue weighted by Gasteiger charge is -2.37. The van der Waals surface area contributed by atoms with Gasteiger partial charge in [-0.2, -0.15) is 0 Å². The largest absolute Gasteiger partial charge is 0.458 e. The van der Waals surface area contributed by atoms with E-state index in [0.29, 0.717) is 12.0 Å². The van der Waals surface area contributed by atoms with E-state index in [-0.39, 0.29) is 34.4 Å². The van der Waals surface area contributed by atoms with Crippen molar-refractivity contribution in [1.82, 2.24) is 55.7 Å². The maximum atomic E-state index is 15.1. The van der Waals surface area contributed by atoms with Gasteiger partial charge in [-0.3, -0.25) is 57.5 Å². The molecule has 7 rings (SSSR count). The molecular formula is C62H84N12O17. The Balaban J connectivity index is 1.32. The number of nitrogen functional groups attached to an aromatic ring is 1. The molecule has 0 aromatic heterocycles. The van der Waals surface area contributed by atoms with Gasteiger partial charge in [-0.05, 0) is 90.7 Å². The molecule has 91 heavy (non-hydrogen) atoms. The first-order valence-corrected chi connectivity index (χ1v) is 30.4. The van der Waals surface area contributed by atoms with Crippen LogP contribution in [0.1, 0.15) is 127 Å². The van der Waals surface area contributed by atoms with E-state index in [1.165, 1.54) is 84.7 Å². The van der Waals surface area contributed by atoms with E-state index in [4.69, 9.17) is 24.6 Å². The van der Waals surface area contributed by atoms with Gasteiger partial charge in [-0.1, -0.05) is 47.6 Å². The minimum Gasteiger partial charge on any atom is -0.458 e. The molecule has 6 aliphatic rings. The van der Waals surface area contributed by atoms with E-state index >= 15 is 9.59 Å². The lowest BCUT2D eigenvalue weighted by molar-refractivity contribution is -0.163. The average molecular weight is 1270 g/mol. The molecule has 1 aromatic rings. The first-order chi connectivity index (χ1) is 42.4. The number of nitrogens with two attached hydrogens (primary N) is 1. The van der Waals surface area contributed by atoms with E-state index in [1.54, 1.807) is 55.4 Å². The first kappa shape index (κ1) is 69.4. The summed E-state index contributed by atoms with van der Waals surface area (Å²) in [5.74, 6) is -13.3. The van der Waals surface area contributed by atoms with Crippen molar-refractivity contribution in [3.63, 3.8) is 0 Å². The second-order valence-electron chi connectivity index (χ2n) is 25.4. The van der Waals surface area contributed by atoms with Gasteiger partial charge >= 0.3 is 11.9 Å². The third-order valence-electron chi connectivity index (χ3n) is 17.9. The number of fused-ring (bicyclic) bond motifs is 4. The van der Waals surface area contributed by atoms with Gasteiger partial charge in [0.25, 0.3) is 11.8 Å². The Kier molecular flexibility index (Phi) is 20.7. The molecule has 0 saturated carbocycles. The Bertz CT molecular complexity index is 3530. The summed E-state index contributed by atoms with van der Waals surface area (Å²) < 4.78 is 18.1. The second kappa shape index (κ2) is 27.2. The zero-order valence-corrected chi connectivity index (χ0v) is 54.5. The van der Waals surface area contributed by atoms with Crippen molar-refractivity contribution in [2.24, 2.45) is 17.8 Å². The maximum absolute atomic E-state index is 15.1. The minimum atomic E-state index is -1.96. The van der Waals surface area contributed by atoms with Crippen LogP contribution in [0.5, 0.6) is 0 Å². The number of anilines is 1. The quantitative estimate of drug-likeness (QED) is 0.118. The van der Waals surface area contributed by atoms with Crippen molar-refractivity contribution in [3.05, 3.63) is 44.6 Å². The fourth-order valence-corrected chi connectivity index (χ4v) is 12.1. The number of aryl methyl sites for hydroxylation is 1. The van der Waals surface area contributed by atoms with Crippen LogP contribution in [0, 0.1) is 31.6 Å². The van der Waals surface area contributed by atoms with E-state index < -0.39 is 209 Å². The average Bonchev–Trinajstić information content (AvgIpc) is 1.43. The summed E-state index contributed by atoms with van der Waals surface area (Å²) in [7, 11) is 5.37. The number of nitrogens with one attached hydrogen (secondary N) is 4. The molecule has 0 bridgehead atoms. The van der Waals surface area contributed by atoms with Gasteiger partial charge in [-0.25, -0.2) is 14.6 Å². The zero-order valence-electron chi connectivity index (χ0n) is 54.5. The summed E-state index contributed by atoms with van der Waals surface area (Å²) in [6, 6.07) is -10.4. The number of esters is 2. The van der Waals surface area contributed by atoms with Crippen molar-refractivity contribution < 1.29 is 76.2 Å². The van der Waals surface area contributed by atoms with Crippen LogP contribution >= 0.6 is 0 Å². The van der Waals surface area contributed by atoms with Crippen LogP contribution < -0.4 is 32.4 Å². The van der Waals surface area contributed by atoms with Crippen molar-refractivity contribution in [2.75, 3.05) is 47.0 Å². The molecule has 5 aliphatic heterocycles. The SMILES string of the molecule is Cc1c2oc3c(C)ccc(C(=O)N[C@H]4C(=O)N[C@@H](C(C)C)C(=O)N5C(C)CC[C@H]5C(=O)N(C)CC(=O)N(C)[C@@H](C(C)C)C(=O)O[C@H]4C)c3nc-2c(C(=O)N[C@H]2C(=O)N[C@H](C(C)C)C(=O)N3C(C)C(=O)C[C@H]3C(=O)N(C)CC(=O)N(C)[C@H](C)C(=O)O[C@H]2C)c(N)c1=O. The fourth-order valence-electron chi connectivity index (χ4n) is 12.1. The summed E-state index contributed by atoms with van der Waals surface area (Å²) in [6.45, 7) is 18.8. The molecule has 29 heteroatoms. The van der Waals surface area contributed by atoms with Gasteiger partial charge in [-0.15, -0.1) is 0 Å². The number of ether oxygens (including phenoxy) is 2. The Morgan fingerprint density at radius 2 is 1.13 bits per heavy atom. The third-order valence-corrected chi connectivity index (χ3v) is 17.9. The number of benzene rings is 2. The van der Waals surface area contributed by atoms with Crippen LogP contribution in [-0.4, -0.2) is 225 Å². The van der Waals surface area contributed by atoms with Crippen molar-refractivity contribution in [3.8, 4) is 11.5 Å². The number of rotatable bonds is 7. The maximum Gasteiger partial charge on any atom is 0.329 e. The molecule has 494 valence electrons. The second-order valence-corrected chi connectivity index (χ2v) is 25.4. The van der Waals surface area contributed by atoms with Gasteiger partial charge in [0.2, 0.25) is 52.7 Å². The van der Waals surface area contributed by atoms with E-state index in [1.807, 2.05) is 0 Å². The van der Waals surface area contributed by atoms with Crippen LogP contribution in [0.15, 0.2) is 21.3 Å². The standard InChI is InChI=1S/C62H84N12O17/c1-25(2)43-59(85)73-29(8)19-21-36(73)57(83)69(14)24-40(77)72(17)49(27(5)6)62(88)90-34(13)45(55(81)65-43)67-53(79)35-20-18-28(7)51-47(35)64-48-41(42(63)50(78)30(9)52(48)91-51)54(80)68-46-33(12)89-61(87)32(11)71(16)39(76)23-70(15)58(84)37-22-38(75)31(10)74(37)60(86)44(26(3)4)66-56(46)82/h18,20,25-27,29,31-34,36-37,43-46,49H,19,21-24,63H2,1-17H3,(H,65,81)(H,66,82)(H,67,79)(H,68,80)/t29?,31?,32-,33+,34+,36+,37+,43+,44-,45-,46-,49+/m1/s1. The van der Waals surface area contributed by atoms with Crippen LogP contribution in [0.25, 0.3) is 22.6 Å². The van der Waals surface area contributed by atoms with Crippen LogP contribution in [0.4, 0.5) is 5.69 Å². The smallest absolute Gasteiger partial charge is 0.329 e.